The molecule has 0 radical (unpaired) electrons. The van der Waals surface area contributed by atoms with Crippen molar-refractivity contribution < 1.29 is 4.79 Å². The van der Waals surface area contributed by atoms with E-state index in [1.807, 2.05) is 37.3 Å². The third-order valence-electron chi connectivity index (χ3n) is 1.41. The second-order valence-corrected chi connectivity index (χ2v) is 2.46. The molecule has 0 aliphatic rings. The molecule has 68 valence electrons. The van der Waals surface area contributed by atoms with Crippen molar-refractivity contribution in [3.63, 3.8) is 0 Å². The first-order valence-corrected chi connectivity index (χ1v) is 4.06. The summed E-state index contributed by atoms with van der Waals surface area (Å²) in [5.74, 6) is 0. The first-order valence-electron chi connectivity index (χ1n) is 4.06. The van der Waals surface area contributed by atoms with E-state index in [0.29, 0.717) is 0 Å². The lowest BCUT2D eigenvalue weighted by atomic mass is 10.3. The summed E-state index contributed by atoms with van der Waals surface area (Å²) in [5, 5.41) is 5.23. The van der Waals surface area contributed by atoms with Gasteiger partial charge >= 0.3 is 6.03 Å². The number of allylic oxidation sites excluding steroid dienone is 1. The molecule has 2 N–H and O–H groups in total. The van der Waals surface area contributed by atoms with Gasteiger partial charge in [0, 0.05) is 11.9 Å². The fraction of sp³-hybridized carbons (Fsp3) is 0.100. The van der Waals surface area contributed by atoms with Gasteiger partial charge in [0.25, 0.3) is 0 Å². The van der Waals surface area contributed by atoms with Crippen LogP contribution >= 0.6 is 0 Å². The Morgan fingerprint density at radius 2 is 2.00 bits per heavy atom. The van der Waals surface area contributed by atoms with Crippen LogP contribution in [-0.4, -0.2) is 6.03 Å². The molecular weight excluding hydrogens is 164 g/mol. The van der Waals surface area contributed by atoms with Gasteiger partial charge in [-0.3, -0.25) is 0 Å². The molecule has 0 unspecified atom stereocenters. The van der Waals surface area contributed by atoms with Crippen molar-refractivity contribution in [3.05, 3.63) is 42.6 Å². The predicted molar refractivity (Wildman–Crippen MR) is 53.4 cm³/mol. The summed E-state index contributed by atoms with van der Waals surface area (Å²) in [5.41, 5.74) is 0.782. The Hall–Kier alpha value is -1.77. The number of carbonyl (C=O) groups is 1. The van der Waals surface area contributed by atoms with Gasteiger partial charge in [-0.05, 0) is 19.1 Å². The number of amides is 2. The van der Waals surface area contributed by atoms with Crippen molar-refractivity contribution in [3.8, 4) is 0 Å². The van der Waals surface area contributed by atoms with Crippen LogP contribution in [0.3, 0.4) is 0 Å². The van der Waals surface area contributed by atoms with Crippen molar-refractivity contribution in [1.29, 1.82) is 0 Å². The molecule has 2 amide bonds. The third-order valence-corrected chi connectivity index (χ3v) is 1.41. The van der Waals surface area contributed by atoms with Gasteiger partial charge in [0.2, 0.25) is 0 Å². The molecule has 0 heterocycles. The van der Waals surface area contributed by atoms with Gasteiger partial charge in [-0.15, -0.1) is 0 Å². The van der Waals surface area contributed by atoms with E-state index >= 15 is 0 Å². The summed E-state index contributed by atoms with van der Waals surface area (Å²) < 4.78 is 0. The molecular formula is C10H12N2O. The smallest absolute Gasteiger partial charge is 0.315 e. The summed E-state index contributed by atoms with van der Waals surface area (Å²) in [6, 6.07) is 9.06. The molecule has 13 heavy (non-hydrogen) atoms. The van der Waals surface area contributed by atoms with E-state index < -0.39 is 0 Å². The monoisotopic (exact) mass is 176 g/mol. The van der Waals surface area contributed by atoms with Gasteiger partial charge in [-0.2, -0.15) is 0 Å². The lowest BCUT2D eigenvalue weighted by molar-refractivity contribution is 0.255. The molecule has 0 bridgehead atoms. The van der Waals surface area contributed by atoms with Crippen LogP contribution in [0.1, 0.15) is 6.92 Å². The van der Waals surface area contributed by atoms with Crippen molar-refractivity contribution in [2.75, 3.05) is 5.32 Å². The zero-order chi connectivity index (χ0) is 9.52. The summed E-state index contributed by atoms with van der Waals surface area (Å²) >= 11 is 0. The number of carbonyl (C=O) groups excluding carboxylic acids is 1. The fourth-order valence-electron chi connectivity index (χ4n) is 0.848. The van der Waals surface area contributed by atoms with E-state index in [1.54, 1.807) is 12.3 Å². The van der Waals surface area contributed by atoms with Crippen LogP contribution in [0.2, 0.25) is 0 Å². The van der Waals surface area contributed by atoms with Crippen LogP contribution in [0, 0.1) is 0 Å². The zero-order valence-corrected chi connectivity index (χ0v) is 7.45. The highest BCUT2D eigenvalue weighted by molar-refractivity contribution is 5.89. The average Bonchev–Trinajstić information content (AvgIpc) is 2.16. The molecule has 3 nitrogen and oxygen atoms in total. The minimum absolute atomic E-state index is 0.232. The Bertz CT molecular complexity index is 293. The minimum atomic E-state index is -0.232. The zero-order valence-electron chi connectivity index (χ0n) is 7.45. The van der Waals surface area contributed by atoms with Crippen LogP contribution in [0.4, 0.5) is 10.5 Å². The number of hydrogen-bond acceptors (Lipinski definition) is 1. The summed E-state index contributed by atoms with van der Waals surface area (Å²) in [4.78, 5) is 11.1. The number of rotatable bonds is 2. The minimum Gasteiger partial charge on any atom is -0.315 e. The second kappa shape index (κ2) is 4.98. The Balaban J connectivity index is 2.46. The molecule has 0 aromatic heterocycles. The van der Waals surface area contributed by atoms with Crippen LogP contribution in [0.15, 0.2) is 42.6 Å². The van der Waals surface area contributed by atoms with Gasteiger partial charge in [0.1, 0.15) is 0 Å². The average molecular weight is 176 g/mol. The van der Waals surface area contributed by atoms with E-state index in [9.17, 15) is 4.79 Å². The largest absolute Gasteiger partial charge is 0.323 e. The second-order valence-electron chi connectivity index (χ2n) is 2.46. The van der Waals surface area contributed by atoms with Crippen molar-refractivity contribution in [2.24, 2.45) is 0 Å². The van der Waals surface area contributed by atoms with Crippen LogP contribution in [-0.2, 0) is 0 Å². The number of benzene rings is 1. The first-order chi connectivity index (χ1) is 6.33. The van der Waals surface area contributed by atoms with Gasteiger partial charge in [0.05, 0.1) is 0 Å². The van der Waals surface area contributed by atoms with Gasteiger partial charge in [-0.1, -0.05) is 24.3 Å². The Morgan fingerprint density at radius 3 is 2.62 bits per heavy atom. The van der Waals surface area contributed by atoms with E-state index in [-0.39, 0.29) is 6.03 Å². The fourth-order valence-corrected chi connectivity index (χ4v) is 0.848. The summed E-state index contributed by atoms with van der Waals surface area (Å²) in [6.45, 7) is 1.84. The molecule has 3 heteroatoms. The molecule has 0 fully saturated rings. The Kier molecular flexibility index (Phi) is 3.57. The molecule has 0 spiro atoms. The lowest BCUT2D eigenvalue weighted by Crippen LogP contribution is -2.23. The highest BCUT2D eigenvalue weighted by Crippen LogP contribution is 2.03. The third kappa shape index (κ3) is 3.42. The molecule has 1 rings (SSSR count). The van der Waals surface area contributed by atoms with E-state index in [1.165, 1.54) is 0 Å². The summed E-state index contributed by atoms with van der Waals surface area (Å²) in [6.07, 6.45) is 3.34. The molecule has 0 saturated heterocycles. The molecule has 0 aliphatic heterocycles. The standard InChI is InChI=1S/C10H12N2O/c1-2-8-11-10(13)12-9-6-4-3-5-7-9/h2-8H,1H3,(H2,11,12,13)/b8-2+. The van der Waals surface area contributed by atoms with Crippen LogP contribution < -0.4 is 10.6 Å². The number of nitrogens with one attached hydrogen (secondary N) is 2. The van der Waals surface area contributed by atoms with Crippen molar-refractivity contribution >= 4 is 11.7 Å². The summed E-state index contributed by atoms with van der Waals surface area (Å²) in [7, 11) is 0. The normalized spacial score (nSPS) is 9.92. The van der Waals surface area contributed by atoms with Crippen LogP contribution in [0.25, 0.3) is 0 Å². The molecule has 1 aromatic carbocycles. The highest BCUT2D eigenvalue weighted by Gasteiger charge is 1.95. The SMILES string of the molecule is C/C=C/NC(=O)Nc1ccccc1. The quantitative estimate of drug-likeness (QED) is 0.713. The predicted octanol–water partition coefficient (Wildman–Crippen LogP) is 2.34. The van der Waals surface area contributed by atoms with E-state index in [2.05, 4.69) is 10.6 Å². The number of anilines is 1. The van der Waals surface area contributed by atoms with Gasteiger partial charge in [0.15, 0.2) is 0 Å². The number of para-hydroxylation sites is 1. The Morgan fingerprint density at radius 1 is 1.31 bits per heavy atom. The maximum atomic E-state index is 11.1. The molecule has 0 atom stereocenters. The van der Waals surface area contributed by atoms with Crippen molar-refractivity contribution in [2.45, 2.75) is 6.92 Å². The van der Waals surface area contributed by atoms with Crippen LogP contribution in [0.5, 0.6) is 0 Å². The topological polar surface area (TPSA) is 41.1 Å². The first kappa shape index (κ1) is 9.32. The maximum Gasteiger partial charge on any atom is 0.323 e. The van der Waals surface area contributed by atoms with Gasteiger partial charge in [-0.25, -0.2) is 4.79 Å². The van der Waals surface area contributed by atoms with E-state index in [4.69, 9.17) is 0 Å². The maximum absolute atomic E-state index is 11.1. The molecule has 0 aliphatic carbocycles. The van der Waals surface area contributed by atoms with E-state index in [0.717, 1.165) is 5.69 Å². The molecule has 1 aromatic rings. The highest BCUT2D eigenvalue weighted by atomic mass is 16.2. The lowest BCUT2D eigenvalue weighted by Gasteiger charge is -2.02. The Labute approximate surface area is 77.5 Å². The van der Waals surface area contributed by atoms with Gasteiger partial charge < -0.3 is 10.6 Å². The number of urea groups is 1. The molecule has 0 saturated carbocycles. The van der Waals surface area contributed by atoms with Crippen molar-refractivity contribution in [1.82, 2.24) is 5.32 Å². The number of hydrogen-bond donors (Lipinski definition) is 2.